The first-order chi connectivity index (χ1) is 15.3. The van der Waals surface area contributed by atoms with Crippen LogP contribution in [0.3, 0.4) is 0 Å². The number of piperidine rings is 2. The van der Waals surface area contributed by atoms with Crippen molar-refractivity contribution in [2.24, 2.45) is 0 Å². The molecule has 0 bridgehead atoms. The van der Waals surface area contributed by atoms with Gasteiger partial charge in [-0.2, -0.15) is 0 Å². The van der Waals surface area contributed by atoms with Gasteiger partial charge in [-0.1, -0.05) is 0 Å². The molecule has 172 valence electrons. The molecule has 2 saturated heterocycles. The van der Waals surface area contributed by atoms with Crippen molar-refractivity contribution >= 4 is 17.7 Å². The van der Waals surface area contributed by atoms with Crippen molar-refractivity contribution in [1.82, 2.24) is 15.1 Å². The van der Waals surface area contributed by atoms with Crippen LogP contribution in [-0.4, -0.2) is 69.5 Å². The second-order valence-corrected chi connectivity index (χ2v) is 9.91. The highest BCUT2D eigenvalue weighted by atomic mass is 16.5. The molecule has 0 radical (unpaired) electrons. The minimum absolute atomic E-state index is 0.0967. The van der Waals surface area contributed by atoms with Crippen LogP contribution >= 0.6 is 0 Å². The number of ether oxygens (including phenoxy) is 1. The van der Waals surface area contributed by atoms with Gasteiger partial charge in [-0.15, -0.1) is 0 Å². The van der Waals surface area contributed by atoms with E-state index < -0.39 is 17.6 Å². The number of imide groups is 1. The Hall–Kier alpha value is -2.45. The minimum atomic E-state index is -0.604. The largest absolute Gasteiger partial charge is 0.489 e. The molecule has 3 amide bonds. The molecule has 4 aliphatic rings. The van der Waals surface area contributed by atoms with Gasteiger partial charge < -0.3 is 14.7 Å². The van der Waals surface area contributed by atoms with E-state index in [0.29, 0.717) is 24.6 Å². The Morgan fingerprint density at radius 1 is 1.12 bits per heavy atom. The highest BCUT2D eigenvalue weighted by molar-refractivity contribution is 6.05. The number of carbonyl (C=O) groups is 3. The van der Waals surface area contributed by atoms with E-state index in [-0.39, 0.29) is 24.3 Å². The molecule has 3 heterocycles. The summed E-state index contributed by atoms with van der Waals surface area (Å²) in [6.07, 6.45) is 5.49. The van der Waals surface area contributed by atoms with Gasteiger partial charge in [-0.3, -0.25) is 24.6 Å². The first-order valence-corrected chi connectivity index (χ1v) is 11.7. The number of benzene rings is 1. The Bertz CT molecular complexity index is 936. The van der Waals surface area contributed by atoms with Crippen molar-refractivity contribution < 1.29 is 24.2 Å². The highest BCUT2D eigenvalue weighted by Crippen LogP contribution is 2.34. The van der Waals surface area contributed by atoms with E-state index in [4.69, 9.17) is 4.74 Å². The Labute approximate surface area is 187 Å². The van der Waals surface area contributed by atoms with Gasteiger partial charge in [0.2, 0.25) is 11.8 Å². The number of carbonyl (C=O) groups excluding carboxylic acids is 3. The van der Waals surface area contributed by atoms with E-state index >= 15 is 0 Å². The van der Waals surface area contributed by atoms with Crippen molar-refractivity contribution in [2.75, 3.05) is 13.1 Å². The number of nitrogens with one attached hydrogen (secondary N) is 1. The third-order valence-corrected chi connectivity index (χ3v) is 7.54. The SMILES string of the molecule is CC1(O)CCN(C2CCCC2Oc2ccc3c(c2)CN(C2CCC(=O)NC2=O)C3=O)CC1. The molecule has 8 heteroatoms. The van der Waals surface area contributed by atoms with Crippen molar-refractivity contribution in [3.05, 3.63) is 29.3 Å². The number of hydrogen-bond acceptors (Lipinski definition) is 6. The fourth-order valence-electron chi connectivity index (χ4n) is 5.60. The molecule has 8 nitrogen and oxygen atoms in total. The van der Waals surface area contributed by atoms with Gasteiger partial charge in [0.15, 0.2) is 0 Å². The van der Waals surface area contributed by atoms with Crippen LogP contribution in [0.1, 0.15) is 67.8 Å². The molecule has 1 aromatic rings. The van der Waals surface area contributed by atoms with Crippen molar-refractivity contribution in [2.45, 2.75) is 82.2 Å². The number of nitrogens with zero attached hydrogens (tertiary/aromatic N) is 2. The first kappa shape index (κ1) is 21.4. The Kier molecular flexibility index (Phi) is 5.45. The fourth-order valence-corrected chi connectivity index (χ4v) is 5.60. The summed E-state index contributed by atoms with van der Waals surface area (Å²) in [4.78, 5) is 40.6. The average Bonchev–Trinajstić information content (AvgIpc) is 3.33. The molecule has 3 unspecified atom stereocenters. The molecule has 3 fully saturated rings. The van der Waals surface area contributed by atoms with Crippen LogP contribution < -0.4 is 10.1 Å². The summed E-state index contributed by atoms with van der Waals surface area (Å²) < 4.78 is 6.41. The van der Waals surface area contributed by atoms with E-state index in [1.165, 1.54) is 0 Å². The second kappa shape index (κ2) is 8.15. The molecule has 0 spiro atoms. The fraction of sp³-hybridized carbons (Fsp3) is 0.625. The summed E-state index contributed by atoms with van der Waals surface area (Å²) in [7, 11) is 0. The number of amides is 3. The van der Waals surface area contributed by atoms with Gasteiger partial charge in [0.1, 0.15) is 17.9 Å². The summed E-state index contributed by atoms with van der Waals surface area (Å²) in [5.41, 5.74) is 0.899. The number of hydrogen-bond donors (Lipinski definition) is 2. The standard InChI is InChI=1S/C24H31N3O5/c1-24(31)9-11-26(12-10-24)18-3-2-4-20(18)32-16-5-6-17-15(13-16)14-27(23(17)30)19-7-8-21(28)25-22(19)29/h5-6,13,18-20,31H,2-4,7-12,14H2,1H3,(H,25,28,29). The van der Waals surface area contributed by atoms with E-state index in [9.17, 15) is 19.5 Å². The third kappa shape index (κ3) is 4.01. The highest BCUT2D eigenvalue weighted by Gasteiger charge is 2.40. The molecule has 1 saturated carbocycles. The summed E-state index contributed by atoms with van der Waals surface area (Å²) in [5.74, 6) is -0.0922. The molecule has 2 N–H and O–H groups in total. The second-order valence-electron chi connectivity index (χ2n) is 9.91. The topological polar surface area (TPSA) is 99.2 Å². The van der Waals surface area contributed by atoms with Crippen LogP contribution in [-0.2, 0) is 16.1 Å². The van der Waals surface area contributed by atoms with Gasteiger partial charge in [0.25, 0.3) is 5.91 Å². The van der Waals surface area contributed by atoms with Crippen LogP contribution in [0.15, 0.2) is 18.2 Å². The number of rotatable bonds is 4. The lowest BCUT2D eigenvalue weighted by molar-refractivity contribution is -0.136. The monoisotopic (exact) mass is 441 g/mol. The summed E-state index contributed by atoms with van der Waals surface area (Å²) in [5, 5.41) is 12.6. The van der Waals surface area contributed by atoms with Crippen molar-refractivity contribution in [1.29, 1.82) is 0 Å². The molecule has 5 rings (SSSR count). The Morgan fingerprint density at radius 2 is 1.91 bits per heavy atom. The summed E-state index contributed by atoms with van der Waals surface area (Å²) in [6, 6.07) is 5.31. The molecule has 0 aromatic heterocycles. The van der Waals surface area contributed by atoms with E-state index in [1.54, 1.807) is 11.0 Å². The zero-order valence-electron chi connectivity index (χ0n) is 18.5. The Morgan fingerprint density at radius 3 is 2.66 bits per heavy atom. The lowest BCUT2D eigenvalue weighted by atomic mass is 9.92. The van der Waals surface area contributed by atoms with Gasteiger partial charge >= 0.3 is 0 Å². The predicted octanol–water partition coefficient (Wildman–Crippen LogP) is 1.59. The third-order valence-electron chi connectivity index (χ3n) is 7.54. The van der Waals surface area contributed by atoms with Gasteiger partial charge in [0, 0.05) is 37.7 Å². The lowest BCUT2D eigenvalue weighted by Crippen LogP contribution is -2.52. The normalized spacial score (nSPS) is 30.4. The van der Waals surface area contributed by atoms with Crippen molar-refractivity contribution in [3.8, 4) is 5.75 Å². The molecular formula is C24H31N3O5. The predicted molar refractivity (Wildman–Crippen MR) is 116 cm³/mol. The maximum atomic E-state index is 12.9. The number of likely N-dealkylation sites (tertiary alicyclic amines) is 1. The maximum Gasteiger partial charge on any atom is 0.255 e. The molecule has 3 atom stereocenters. The van der Waals surface area contributed by atoms with E-state index in [0.717, 1.165) is 56.5 Å². The molecule has 3 aliphatic heterocycles. The minimum Gasteiger partial charge on any atom is -0.489 e. The van der Waals surface area contributed by atoms with Crippen LogP contribution in [0.2, 0.25) is 0 Å². The average molecular weight is 442 g/mol. The van der Waals surface area contributed by atoms with Crippen LogP contribution in [0.25, 0.3) is 0 Å². The number of aliphatic hydroxyl groups is 1. The number of fused-ring (bicyclic) bond motifs is 1. The summed E-state index contributed by atoms with van der Waals surface area (Å²) >= 11 is 0. The maximum absolute atomic E-state index is 12.9. The Balaban J connectivity index is 1.26. The van der Waals surface area contributed by atoms with Crippen LogP contribution in [0.4, 0.5) is 0 Å². The zero-order chi connectivity index (χ0) is 22.5. The van der Waals surface area contributed by atoms with Gasteiger partial charge in [-0.25, -0.2) is 0 Å². The first-order valence-electron chi connectivity index (χ1n) is 11.7. The van der Waals surface area contributed by atoms with Crippen LogP contribution in [0, 0.1) is 0 Å². The van der Waals surface area contributed by atoms with Gasteiger partial charge in [-0.05, 0) is 69.2 Å². The smallest absolute Gasteiger partial charge is 0.255 e. The molecule has 32 heavy (non-hydrogen) atoms. The molecular weight excluding hydrogens is 410 g/mol. The molecule has 1 aromatic carbocycles. The van der Waals surface area contributed by atoms with Crippen molar-refractivity contribution in [3.63, 3.8) is 0 Å². The molecule has 1 aliphatic carbocycles. The van der Waals surface area contributed by atoms with E-state index in [1.807, 2.05) is 19.1 Å². The quantitative estimate of drug-likeness (QED) is 0.689. The van der Waals surface area contributed by atoms with Gasteiger partial charge in [0.05, 0.1) is 5.60 Å². The lowest BCUT2D eigenvalue weighted by Gasteiger charge is -2.40. The van der Waals surface area contributed by atoms with Crippen LogP contribution in [0.5, 0.6) is 5.75 Å². The summed E-state index contributed by atoms with van der Waals surface area (Å²) in [6.45, 7) is 4.04. The van der Waals surface area contributed by atoms with E-state index in [2.05, 4.69) is 10.2 Å². The zero-order valence-corrected chi connectivity index (χ0v) is 18.5.